The lowest BCUT2D eigenvalue weighted by molar-refractivity contribution is 0.0527. The van der Waals surface area contributed by atoms with Crippen molar-refractivity contribution in [2.75, 3.05) is 11.9 Å². The summed E-state index contributed by atoms with van der Waals surface area (Å²) in [6.07, 6.45) is 0. The van der Waals surface area contributed by atoms with Crippen molar-refractivity contribution in [1.29, 1.82) is 0 Å². The maximum atomic E-state index is 13.1. The average Bonchev–Trinajstić information content (AvgIpc) is 3.18. The zero-order chi connectivity index (χ0) is 25.7. The maximum absolute atomic E-state index is 13.1. The SMILES string of the molecule is CCOC(=O)c1ccc(Cl)cc1-c1cc(C(=O)Nc2ccc(OCc3ccccc3)cc2)c(C)n1C. The molecule has 0 aliphatic carbocycles. The van der Waals surface area contributed by atoms with Crippen LogP contribution < -0.4 is 10.1 Å². The minimum absolute atomic E-state index is 0.257. The number of amides is 1. The number of halogens is 1. The standard InChI is InChI=1S/C29H27ClN2O4/c1-4-35-29(34)24-15-10-21(30)16-26(24)27-17-25(19(2)32(27)3)28(33)31-22-11-13-23(14-12-22)36-18-20-8-6-5-7-9-20/h5-17H,4,18H2,1-3H3,(H,31,33). The molecule has 0 aliphatic rings. The summed E-state index contributed by atoms with van der Waals surface area (Å²) in [7, 11) is 1.84. The van der Waals surface area contributed by atoms with E-state index in [1.54, 1.807) is 43.3 Å². The summed E-state index contributed by atoms with van der Waals surface area (Å²) in [5, 5.41) is 3.42. The molecule has 0 saturated carbocycles. The Kier molecular flexibility index (Phi) is 7.76. The molecule has 1 amide bonds. The van der Waals surface area contributed by atoms with E-state index < -0.39 is 5.97 Å². The molecule has 0 unspecified atom stereocenters. The second-order valence-corrected chi connectivity index (χ2v) is 8.69. The molecule has 6 nitrogen and oxygen atoms in total. The Labute approximate surface area is 215 Å². The molecule has 1 heterocycles. The van der Waals surface area contributed by atoms with Gasteiger partial charge in [-0.05, 0) is 67.9 Å². The monoisotopic (exact) mass is 502 g/mol. The van der Waals surface area contributed by atoms with Gasteiger partial charge in [0.15, 0.2) is 0 Å². The topological polar surface area (TPSA) is 69.6 Å². The molecule has 0 atom stereocenters. The Morgan fingerprint density at radius 1 is 0.944 bits per heavy atom. The highest BCUT2D eigenvalue weighted by Gasteiger charge is 2.21. The van der Waals surface area contributed by atoms with E-state index in [-0.39, 0.29) is 12.5 Å². The van der Waals surface area contributed by atoms with E-state index in [0.717, 1.165) is 11.3 Å². The number of anilines is 1. The van der Waals surface area contributed by atoms with Gasteiger partial charge in [0.05, 0.1) is 17.7 Å². The molecular weight excluding hydrogens is 476 g/mol. The molecule has 184 valence electrons. The molecule has 0 bridgehead atoms. The third-order valence-electron chi connectivity index (χ3n) is 5.89. The van der Waals surface area contributed by atoms with Gasteiger partial charge in [0.2, 0.25) is 0 Å². The van der Waals surface area contributed by atoms with Crippen LogP contribution in [-0.4, -0.2) is 23.1 Å². The van der Waals surface area contributed by atoms with Gasteiger partial charge in [-0.25, -0.2) is 4.79 Å². The van der Waals surface area contributed by atoms with Crippen LogP contribution in [0.25, 0.3) is 11.3 Å². The van der Waals surface area contributed by atoms with E-state index in [0.29, 0.717) is 45.5 Å². The largest absolute Gasteiger partial charge is 0.489 e. The molecule has 0 radical (unpaired) electrons. The molecule has 1 N–H and O–H groups in total. The van der Waals surface area contributed by atoms with Gasteiger partial charge in [0, 0.05) is 34.7 Å². The molecule has 3 aromatic carbocycles. The Morgan fingerprint density at radius 3 is 2.36 bits per heavy atom. The Morgan fingerprint density at radius 2 is 1.67 bits per heavy atom. The van der Waals surface area contributed by atoms with Crippen molar-refractivity contribution in [3.05, 3.63) is 106 Å². The Hall–Kier alpha value is -4.03. The minimum Gasteiger partial charge on any atom is -0.489 e. The van der Waals surface area contributed by atoms with Gasteiger partial charge >= 0.3 is 5.97 Å². The molecule has 0 spiro atoms. The fourth-order valence-corrected chi connectivity index (χ4v) is 4.05. The number of rotatable bonds is 8. The van der Waals surface area contributed by atoms with Crippen LogP contribution in [0.15, 0.2) is 78.9 Å². The molecule has 4 aromatic rings. The van der Waals surface area contributed by atoms with E-state index in [1.807, 2.05) is 61.0 Å². The molecule has 0 fully saturated rings. The molecule has 36 heavy (non-hydrogen) atoms. The van der Waals surface area contributed by atoms with Gasteiger partial charge in [-0.3, -0.25) is 4.79 Å². The second kappa shape index (κ2) is 11.1. The van der Waals surface area contributed by atoms with E-state index in [1.165, 1.54) is 0 Å². The molecule has 0 saturated heterocycles. The predicted octanol–water partition coefficient (Wildman–Crippen LogP) is 6.66. The first-order valence-corrected chi connectivity index (χ1v) is 12.0. The van der Waals surface area contributed by atoms with E-state index in [2.05, 4.69) is 5.32 Å². The van der Waals surface area contributed by atoms with Crippen molar-refractivity contribution < 1.29 is 19.1 Å². The number of nitrogens with zero attached hydrogens (tertiary/aromatic N) is 1. The van der Waals surface area contributed by atoms with Crippen LogP contribution in [0.1, 0.15) is 38.9 Å². The van der Waals surface area contributed by atoms with Crippen molar-refractivity contribution in [1.82, 2.24) is 4.57 Å². The molecular formula is C29H27ClN2O4. The number of esters is 1. The number of carbonyl (C=O) groups excluding carboxylic acids is 2. The molecule has 4 rings (SSSR count). The van der Waals surface area contributed by atoms with Crippen molar-refractivity contribution in [3.63, 3.8) is 0 Å². The van der Waals surface area contributed by atoms with Crippen LogP contribution >= 0.6 is 11.6 Å². The highest BCUT2D eigenvalue weighted by molar-refractivity contribution is 6.31. The van der Waals surface area contributed by atoms with E-state index in [9.17, 15) is 9.59 Å². The summed E-state index contributed by atoms with van der Waals surface area (Å²) in [5.74, 6) is 0.0121. The maximum Gasteiger partial charge on any atom is 0.338 e. The van der Waals surface area contributed by atoms with Crippen molar-refractivity contribution >= 4 is 29.2 Å². The number of hydrogen-bond donors (Lipinski definition) is 1. The van der Waals surface area contributed by atoms with Crippen LogP contribution in [0.2, 0.25) is 5.02 Å². The minimum atomic E-state index is -0.441. The second-order valence-electron chi connectivity index (χ2n) is 8.25. The van der Waals surface area contributed by atoms with Gasteiger partial charge in [-0.2, -0.15) is 0 Å². The molecule has 1 aromatic heterocycles. The fraction of sp³-hybridized carbons (Fsp3) is 0.172. The van der Waals surface area contributed by atoms with E-state index in [4.69, 9.17) is 21.1 Å². The summed E-state index contributed by atoms with van der Waals surface area (Å²) >= 11 is 6.24. The van der Waals surface area contributed by atoms with Gasteiger partial charge in [0.25, 0.3) is 5.91 Å². The third kappa shape index (κ3) is 5.61. The molecule has 7 heteroatoms. The van der Waals surface area contributed by atoms with Crippen LogP contribution in [0.5, 0.6) is 5.75 Å². The molecule has 0 aliphatic heterocycles. The zero-order valence-corrected chi connectivity index (χ0v) is 21.1. The van der Waals surface area contributed by atoms with Crippen LogP contribution in [0.4, 0.5) is 5.69 Å². The lowest BCUT2D eigenvalue weighted by Crippen LogP contribution is -2.12. The quantitative estimate of drug-likeness (QED) is 0.273. The summed E-state index contributed by atoms with van der Waals surface area (Å²) in [6.45, 7) is 4.34. The first kappa shape index (κ1) is 25.1. The summed E-state index contributed by atoms with van der Waals surface area (Å²) in [5.41, 5.74) is 4.65. The number of aromatic nitrogens is 1. The van der Waals surface area contributed by atoms with E-state index >= 15 is 0 Å². The number of nitrogens with one attached hydrogen (secondary N) is 1. The summed E-state index contributed by atoms with van der Waals surface area (Å²) in [6, 6.07) is 23.9. The highest BCUT2D eigenvalue weighted by Crippen LogP contribution is 2.31. The normalized spacial score (nSPS) is 10.7. The Bertz CT molecular complexity index is 1380. The fourth-order valence-electron chi connectivity index (χ4n) is 3.88. The van der Waals surface area contributed by atoms with Crippen molar-refractivity contribution in [2.45, 2.75) is 20.5 Å². The smallest absolute Gasteiger partial charge is 0.338 e. The van der Waals surface area contributed by atoms with Gasteiger partial charge in [0.1, 0.15) is 12.4 Å². The van der Waals surface area contributed by atoms with Crippen molar-refractivity contribution in [3.8, 4) is 17.0 Å². The number of hydrogen-bond acceptors (Lipinski definition) is 4. The third-order valence-corrected chi connectivity index (χ3v) is 6.13. The predicted molar refractivity (Wildman–Crippen MR) is 142 cm³/mol. The lowest BCUT2D eigenvalue weighted by atomic mass is 10.0. The average molecular weight is 503 g/mol. The highest BCUT2D eigenvalue weighted by atomic mass is 35.5. The van der Waals surface area contributed by atoms with Crippen LogP contribution in [0.3, 0.4) is 0 Å². The lowest BCUT2D eigenvalue weighted by Gasteiger charge is -2.11. The zero-order valence-electron chi connectivity index (χ0n) is 20.4. The van der Waals surface area contributed by atoms with Gasteiger partial charge in [-0.15, -0.1) is 0 Å². The van der Waals surface area contributed by atoms with Gasteiger partial charge in [-0.1, -0.05) is 41.9 Å². The van der Waals surface area contributed by atoms with Gasteiger partial charge < -0.3 is 19.4 Å². The number of carbonyl (C=O) groups is 2. The summed E-state index contributed by atoms with van der Waals surface area (Å²) in [4.78, 5) is 25.7. The first-order chi connectivity index (χ1) is 17.4. The number of benzene rings is 3. The number of ether oxygens (including phenoxy) is 2. The Balaban J connectivity index is 1.52. The van der Waals surface area contributed by atoms with Crippen LogP contribution in [-0.2, 0) is 18.4 Å². The van der Waals surface area contributed by atoms with Crippen LogP contribution in [0, 0.1) is 6.92 Å². The first-order valence-electron chi connectivity index (χ1n) is 11.6. The van der Waals surface area contributed by atoms with Crippen molar-refractivity contribution in [2.24, 2.45) is 7.05 Å². The summed E-state index contributed by atoms with van der Waals surface area (Å²) < 4.78 is 12.9.